The molecule has 0 aromatic carbocycles. The number of nitrogens with zero attached hydrogens (tertiary/aromatic N) is 4. The maximum atomic E-state index is 12.5. The van der Waals surface area contributed by atoms with Gasteiger partial charge in [-0.15, -0.1) is 0 Å². The second kappa shape index (κ2) is 4.35. The van der Waals surface area contributed by atoms with Gasteiger partial charge in [0.25, 0.3) is 0 Å². The van der Waals surface area contributed by atoms with Gasteiger partial charge in [-0.05, 0) is 6.07 Å². The Balaban J connectivity index is 2.07. The van der Waals surface area contributed by atoms with Crippen LogP contribution in [0.15, 0.2) is 18.3 Å². The van der Waals surface area contributed by atoms with Crippen LogP contribution in [-0.2, 0) is 26.8 Å². The lowest BCUT2D eigenvalue weighted by atomic mass is 10.3. The maximum absolute atomic E-state index is 12.5. The molecule has 5 nitrogen and oxygen atoms in total. The lowest BCUT2D eigenvalue weighted by Crippen LogP contribution is -2.11. The molecule has 0 bridgehead atoms. The molecule has 2 rings (SSSR count). The van der Waals surface area contributed by atoms with Crippen molar-refractivity contribution < 1.29 is 13.2 Å². The van der Waals surface area contributed by atoms with E-state index in [4.69, 9.17) is 0 Å². The highest BCUT2D eigenvalue weighted by atomic mass is 19.4. The molecule has 0 unspecified atom stereocenters. The SMILES string of the molecule is Cn1ccc(NCc2cc(C(F)(F)F)n(C)n2)n1. The molecule has 0 aliphatic rings. The minimum Gasteiger partial charge on any atom is -0.363 e. The summed E-state index contributed by atoms with van der Waals surface area (Å²) < 4.78 is 40.0. The largest absolute Gasteiger partial charge is 0.433 e. The molecule has 0 fully saturated rings. The molecule has 18 heavy (non-hydrogen) atoms. The Morgan fingerprint density at radius 3 is 2.50 bits per heavy atom. The summed E-state index contributed by atoms with van der Waals surface area (Å²) in [5.41, 5.74) is -0.448. The summed E-state index contributed by atoms with van der Waals surface area (Å²) in [6.07, 6.45) is -2.65. The van der Waals surface area contributed by atoms with Crippen molar-refractivity contribution in [1.82, 2.24) is 19.6 Å². The average molecular weight is 259 g/mol. The van der Waals surface area contributed by atoms with Crippen molar-refractivity contribution in [3.8, 4) is 0 Å². The molecule has 0 saturated heterocycles. The van der Waals surface area contributed by atoms with Crippen molar-refractivity contribution in [2.24, 2.45) is 14.1 Å². The average Bonchev–Trinajstić information content (AvgIpc) is 2.81. The van der Waals surface area contributed by atoms with Crippen LogP contribution in [-0.4, -0.2) is 19.6 Å². The smallest absolute Gasteiger partial charge is 0.363 e. The van der Waals surface area contributed by atoms with Gasteiger partial charge in [0.1, 0.15) is 11.5 Å². The Kier molecular flexibility index (Phi) is 3.02. The zero-order valence-electron chi connectivity index (χ0n) is 9.86. The molecular formula is C10H12F3N5. The Labute approximate surface area is 101 Å². The van der Waals surface area contributed by atoms with Gasteiger partial charge in [0.15, 0.2) is 0 Å². The van der Waals surface area contributed by atoms with Gasteiger partial charge >= 0.3 is 6.18 Å². The van der Waals surface area contributed by atoms with Gasteiger partial charge in [0.05, 0.1) is 12.2 Å². The van der Waals surface area contributed by atoms with Crippen LogP contribution in [0.2, 0.25) is 0 Å². The van der Waals surface area contributed by atoms with E-state index in [2.05, 4.69) is 15.5 Å². The van der Waals surface area contributed by atoms with Crippen molar-refractivity contribution in [3.63, 3.8) is 0 Å². The molecule has 0 amide bonds. The predicted molar refractivity (Wildman–Crippen MR) is 58.7 cm³/mol. The molecule has 2 aromatic heterocycles. The Morgan fingerprint density at radius 2 is 2.00 bits per heavy atom. The van der Waals surface area contributed by atoms with E-state index < -0.39 is 11.9 Å². The minimum atomic E-state index is -4.38. The number of hydrogen-bond acceptors (Lipinski definition) is 3. The number of aromatic nitrogens is 4. The van der Waals surface area contributed by atoms with Crippen molar-refractivity contribution in [3.05, 3.63) is 29.7 Å². The number of nitrogens with one attached hydrogen (secondary N) is 1. The highest BCUT2D eigenvalue weighted by Gasteiger charge is 2.34. The molecule has 0 aliphatic carbocycles. The van der Waals surface area contributed by atoms with Crippen molar-refractivity contribution in [1.29, 1.82) is 0 Å². The van der Waals surface area contributed by atoms with E-state index in [-0.39, 0.29) is 6.54 Å². The first-order valence-corrected chi connectivity index (χ1v) is 5.20. The van der Waals surface area contributed by atoms with E-state index in [1.165, 1.54) is 7.05 Å². The summed E-state index contributed by atoms with van der Waals surface area (Å²) in [6, 6.07) is 2.75. The van der Waals surface area contributed by atoms with E-state index in [0.29, 0.717) is 11.5 Å². The lowest BCUT2D eigenvalue weighted by Gasteiger charge is -2.04. The normalized spacial score (nSPS) is 11.8. The van der Waals surface area contributed by atoms with E-state index >= 15 is 0 Å². The topological polar surface area (TPSA) is 47.7 Å². The van der Waals surface area contributed by atoms with Crippen LogP contribution in [0.4, 0.5) is 19.0 Å². The van der Waals surface area contributed by atoms with Crippen LogP contribution in [0.3, 0.4) is 0 Å². The van der Waals surface area contributed by atoms with Crippen molar-refractivity contribution >= 4 is 5.82 Å². The van der Waals surface area contributed by atoms with Crippen LogP contribution < -0.4 is 5.32 Å². The fourth-order valence-corrected chi connectivity index (χ4v) is 1.57. The summed E-state index contributed by atoms with van der Waals surface area (Å²) in [4.78, 5) is 0. The third-order valence-electron chi connectivity index (χ3n) is 2.39. The van der Waals surface area contributed by atoms with Gasteiger partial charge in [0.2, 0.25) is 0 Å². The molecule has 1 N–H and O–H groups in total. The highest BCUT2D eigenvalue weighted by molar-refractivity contribution is 5.33. The first-order chi connectivity index (χ1) is 8.36. The third kappa shape index (κ3) is 2.63. The van der Waals surface area contributed by atoms with Gasteiger partial charge < -0.3 is 5.32 Å². The minimum absolute atomic E-state index is 0.195. The third-order valence-corrected chi connectivity index (χ3v) is 2.39. The fraction of sp³-hybridized carbons (Fsp3) is 0.400. The maximum Gasteiger partial charge on any atom is 0.433 e. The van der Waals surface area contributed by atoms with E-state index in [1.807, 2.05) is 0 Å². The van der Waals surface area contributed by atoms with Crippen LogP contribution in [0, 0.1) is 0 Å². The van der Waals surface area contributed by atoms with E-state index in [9.17, 15) is 13.2 Å². The summed E-state index contributed by atoms with van der Waals surface area (Å²) in [7, 11) is 3.03. The fourth-order valence-electron chi connectivity index (χ4n) is 1.57. The van der Waals surface area contributed by atoms with Crippen LogP contribution in [0.1, 0.15) is 11.4 Å². The van der Waals surface area contributed by atoms with Gasteiger partial charge in [-0.25, -0.2) is 0 Å². The molecule has 0 radical (unpaired) electrons. The van der Waals surface area contributed by atoms with Gasteiger partial charge in [-0.2, -0.15) is 23.4 Å². The summed E-state index contributed by atoms with van der Waals surface area (Å²) in [5.74, 6) is 0.594. The van der Waals surface area contributed by atoms with Crippen LogP contribution in [0.25, 0.3) is 0 Å². The van der Waals surface area contributed by atoms with Crippen LogP contribution >= 0.6 is 0 Å². The predicted octanol–water partition coefficient (Wildman–Crippen LogP) is 1.78. The number of anilines is 1. The Bertz CT molecular complexity index is 540. The Morgan fingerprint density at radius 1 is 1.28 bits per heavy atom. The first-order valence-electron chi connectivity index (χ1n) is 5.20. The number of halogens is 3. The summed E-state index contributed by atoms with van der Waals surface area (Å²) in [6.45, 7) is 0.195. The second-order valence-electron chi connectivity index (χ2n) is 3.87. The Hall–Kier alpha value is -1.99. The standard InChI is InChI=1S/C10H12F3N5/c1-17-4-3-9(16-17)14-6-7-5-8(10(11,12)13)18(2)15-7/h3-5H,6H2,1-2H3,(H,14,16). The van der Waals surface area contributed by atoms with Crippen molar-refractivity contribution in [2.75, 3.05) is 5.32 Å². The molecule has 98 valence electrons. The second-order valence-corrected chi connectivity index (χ2v) is 3.87. The monoisotopic (exact) mass is 259 g/mol. The molecule has 2 aromatic rings. The zero-order valence-corrected chi connectivity index (χ0v) is 9.86. The molecule has 0 saturated carbocycles. The van der Waals surface area contributed by atoms with Gasteiger partial charge in [-0.1, -0.05) is 0 Å². The van der Waals surface area contributed by atoms with E-state index in [0.717, 1.165) is 10.7 Å². The number of alkyl halides is 3. The van der Waals surface area contributed by atoms with Crippen molar-refractivity contribution in [2.45, 2.75) is 12.7 Å². The molecule has 8 heteroatoms. The first kappa shape index (κ1) is 12.5. The zero-order chi connectivity index (χ0) is 13.3. The lowest BCUT2D eigenvalue weighted by molar-refractivity contribution is -0.143. The molecule has 0 aliphatic heterocycles. The highest BCUT2D eigenvalue weighted by Crippen LogP contribution is 2.29. The van der Waals surface area contributed by atoms with E-state index in [1.54, 1.807) is 24.0 Å². The summed E-state index contributed by atoms with van der Waals surface area (Å²) in [5, 5.41) is 10.7. The summed E-state index contributed by atoms with van der Waals surface area (Å²) >= 11 is 0. The van der Waals surface area contributed by atoms with Gasteiger partial charge in [-0.3, -0.25) is 9.36 Å². The quantitative estimate of drug-likeness (QED) is 0.914. The molecule has 0 spiro atoms. The molecule has 0 atom stereocenters. The number of rotatable bonds is 3. The number of aryl methyl sites for hydroxylation is 2. The van der Waals surface area contributed by atoms with Gasteiger partial charge in [0, 0.05) is 26.4 Å². The molecule has 2 heterocycles. The molecular weight excluding hydrogens is 247 g/mol. The number of hydrogen-bond donors (Lipinski definition) is 1. The van der Waals surface area contributed by atoms with Crippen LogP contribution in [0.5, 0.6) is 0 Å².